The minimum atomic E-state index is -0.571. The van der Waals surface area contributed by atoms with Crippen LogP contribution in [0.25, 0.3) is 0 Å². The van der Waals surface area contributed by atoms with E-state index >= 15 is 0 Å². The van der Waals surface area contributed by atoms with Gasteiger partial charge in [0.2, 0.25) is 5.91 Å². The Bertz CT molecular complexity index is 451. The highest BCUT2D eigenvalue weighted by Crippen LogP contribution is 2.17. The zero-order valence-electron chi connectivity index (χ0n) is 10.9. The maximum Gasteiger partial charge on any atom is 0.258 e. The number of rotatable bonds is 6. The second-order valence-electron chi connectivity index (χ2n) is 3.93. The molecule has 0 saturated heterocycles. The van der Waals surface area contributed by atoms with E-state index in [1.807, 2.05) is 19.1 Å². The quantitative estimate of drug-likeness (QED) is 0.831. The van der Waals surface area contributed by atoms with Crippen LogP contribution in [0.2, 0.25) is 0 Å². The first-order valence-corrected chi connectivity index (χ1v) is 6.77. The zero-order valence-corrected chi connectivity index (χ0v) is 12.5. The predicted octanol–water partition coefficient (Wildman–Crippen LogP) is 1.47. The van der Waals surface area contributed by atoms with Gasteiger partial charge in [-0.15, -0.1) is 0 Å². The number of halogens is 1. The van der Waals surface area contributed by atoms with Crippen LogP contribution < -0.4 is 15.4 Å². The highest BCUT2D eigenvalue weighted by molar-refractivity contribution is 9.10. The van der Waals surface area contributed by atoms with E-state index in [4.69, 9.17) is 4.74 Å². The molecule has 0 aromatic heterocycles. The summed E-state index contributed by atoms with van der Waals surface area (Å²) in [7, 11) is 0. The SMILES string of the molecule is CCNC(=O)[C@H](C)NC(=O)COc1cccc(Br)c1. The highest BCUT2D eigenvalue weighted by atomic mass is 79.9. The number of hydrogen-bond donors (Lipinski definition) is 2. The van der Waals surface area contributed by atoms with Crippen molar-refractivity contribution in [1.29, 1.82) is 0 Å². The lowest BCUT2D eigenvalue weighted by Crippen LogP contribution is -2.46. The Kier molecular flexibility index (Phi) is 6.35. The summed E-state index contributed by atoms with van der Waals surface area (Å²) >= 11 is 3.31. The van der Waals surface area contributed by atoms with Crippen LogP contribution in [0.3, 0.4) is 0 Å². The second kappa shape index (κ2) is 7.78. The molecule has 0 spiro atoms. The Morgan fingerprint density at radius 3 is 2.79 bits per heavy atom. The normalized spacial score (nSPS) is 11.5. The van der Waals surface area contributed by atoms with Crippen molar-refractivity contribution in [2.24, 2.45) is 0 Å². The molecule has 1 rings (SSSR count). The van der Waals surface area contributed by atoms with Crippen LogP contribution in [0, 0.1) is 0 Å². The van der Waals surface area contributed by atoms with Crippen molar-refractivity contribution in [3.8, 4) is 5.75 Å². The Morgan fingerprint density at radius 2 is 2.16 bits per heavy atom. The summed E-state index contributed by atoms with van der Waals surface area (Å²) in [6.45, 7) is 3.86. The molecule has 0 aliphatic heterocycles. The molecule has 6 heteroatoms. The standard InChI is InChI=1S/C13H17BrN2O3/c1-3-15-13(18)9(2)16-12(17)8-19-11-6-4-5-10(14)7-11/h4-7,9H,3,8H2,1-2H3,(H,15,18)(H,16,17)/t9-/m0/s1. The van der Waals surface area contributed by atoms with Gasteiger partial charge in [0, 0.05) is 11.0 Å². The lowest BCUT2D eigenvalue weighted by Gasteiger charge is -2.13. The van der Waals surface area contributed by atoms with E-state index in [-0.39, 0.29) is 18.4 Å². The van der Waals surface area contributed by atoms with Crippen LogP contribution in [0.15, 0.2) is 28.7 Å². The van der Waals surface area contributed by atoms with Gasteiger partial charge in [-0.2, -0.15) is 0 Å². The summed E-state index contributed by atoms with van der Waals surface area (Å²) in [5.41, 5.74) is 0. The Morgan fingerprint density at radius 1 is 1.42 bits per heavy atom. The monoisotopic (exact) mass is 328 g/mol. The van der Waals surface area contributed by atoms with Crippen molar-refractivity contribution < 1.29 is 14.3 Å². The van der Waals surface area contributed by atoms with Gasteiger partial charge in [-0.25, -0.2) is 0 Å². The van der Waals surface area contributed by atoms with Gasteiger partial charge in [0.15, 0.2) is 6.61 Å². The predicted molar refractivity (Wildman–Crippen MR) is 75.9 cm³/mol. The van der Waals surface area contributed by atoms with Crippen molar-refractivity contribution in [2.45, 2.75) is 19.9 Å². The van der Waals surface area contributed by atoms with Gasteiger partial charge in [0.25, 0.3) is 5.91 Å². The first kappa shape index (κ1) is 15.5. The Labute approximate surface area is 120 Å². The number of carbonyl (C=O) groups is 2. The molecule has 0 fully saturated rings. The van der Waals surface area contributed by atoms with Gasteiger partial charge in [-0.1, -0.05) is 22.0 Å². The second-order valence-corrected chi connectivity index (χ2v) is 4.85. The lowest BCUT2D eigenvalue weighted by atomic mass is 10.3. The number of hydrogen-bond acceptors (Lipinski definition) is 3. The van der Waals surface area contributed by atoms with Crippen molar-refractivity contribution in [3.63, 3.8) is 0 Å². The summed E-state index contributed by atoms with van der Waals surface area (Å²) in [6, 6.07) is 6.63. The van der Waals surface area contributed by atoms with Gasteiger partial charge in [0.1, 0.15) is 11.8 Å². The summed E-state index contributed by atoms with van der Waals surface area (Å²) < 4.78 is 6.19. The van der Waals surface area contributed by atoms with Crippen molar-refractivity contribution >= 4 is 27.7 Å². The molecule has 1 aromatic rings. The van der Waals surface area contributed by atoms with Crippen LogP contribution in [0.4, 0.5) is 0 Å². The number of likely N-dealkylation sites (N-methyl/N-ethyl adjacent to an activating group) is 1. The van der Waals surface area contributed by atoms with Gasteiger partial charge in [-0.3, -0.25) is 9.59 Å². The maximum absolute atomic E-state index is 11.6. The fraction of sp³-hybridized carbons (Fsp3) is 0.385. The first-order chi connectivity index (χ1) is 9.02. The fourth-order valence-corrected chi connectivity index (χ4v) is 1.76. The van der Waals surface area contributed by atoms with E-state index in [2.05, 4.69) is 26.6 Å². The van der Waals surface area contributed by atoms with Crippen LogP contribution in [0.1, 0.15) is 13.8 Å². The molecule has 104 valence electrons. The minimum Gasteiger partial charge on any atom is -0.484 e. The molecule has 0 saturated carbocycles. The number of carbonyl (C=O) groups excluding carboxylic acids is 2. The summed E-state index contributed by atoms with van der Waals surface area (Å²) in [6.07, 6.45) is 0. The molecule has 5 nitrogen and oxygen atoms in total. The largest absolute Gasteiger partial charge is 0.484 e. The van der Waals surface area contributed by atoms with Crippen molar-refractivity contribution in [3.05, 3.63) is 28.7 Å². The van der Waals surface area contributed by atoms with E-state index in [0.717, 1.165) is 4.47 Å². The van der Waals surface area contributed by atoms with Crippen molar-refractivity contribution in [1.82, 2.24) is 10.6 Å². The number of nitrogens with one attached hydrogen (secondary N) is 2. The lowest BCUT2D eigenvalue weighted by molar-refractivity contribution is -0.129. The number of benzene rings is 1. The molecule has 1 aromatic carbocycles. The average Bonchev–Trinajstić information content (AvgIpc) is 2.36. The summed E-state index contributed by atoms with van der Waals surface area (Å²) in [5, 5.41) is 5.19. The van der Waals surface area contributed by atoms with Gasteiger partial charge < -0.3 is 15.4 Å². The summed E-state index contributed by atoms with van der Waals surface area (Å²) in [5.74, 6) is 0.0484. The molecule has 0 bridgehead atoms. The molecule has 2 N–H and O–H groups in total. The average molecular weight is 329 g/mol. The molecule has 0 radical (unpaired) electrons. The van der Waals surface area contributed by atoms with Crippen molar-refractivity contribution in [2.75, 3.05) is 13.2 Å². The molecule has 2 amide bonds. The van der Waals surface area contributed by atoms with E-state index in [9.17, 15) is 9.59 Å². The van der Waals surface area contributed by atoms with E-state index in [1.54, 1.807) is 19.1 Å². The molecule has 0 unspecified atom stereocenters. The molecular weight excluding hydrogens is 312 g/mol. The molecule has 0 heterocycles. The fourth-order valence-electron chi connectivity index (χ4n) is 1.38. The molecule has 0 aliphatic rings. The topological polar surface area (TPSA) is 67.4 Å². The van der Waals surface area contributed by atoms with Crippen LogP contribution >= 0.6 is 15.9 Å². The third-order valence-corrected chi connectivity index (χ3v) is 2.78. The van der Waals surface area contributed by atoms with Crippen LogP contribution in [-0.4, -0.2) is 31.0 Å². The highest BCUT2D eigenvalue weighted by Gasteiger charge is 2.14. The van der Waals surface area contributed by atoms with Crippen LogP contribution in [0.5, 0.6) is 5.75 Å². The van der Waals surface area contributed by atoms with E-state index < -0.39 is 6.04 Å². The summed E-state index contributed by atoms with van der Waals surface area (Å²) in [4.78, 5) is 23.0. The van der Waals surface area contributed by atoms with E-state index in [1.165, 1.54) is 0 Å². The Balaban J connectivity index is 2.37. The maximum atomic E-state index is 11.6. The number of amides is 2. The smallest absolute Gasteiger partial charge is 0.258 e. The molecular formula is C13H17BrN2O3. The minimum absolute atomic E-state index is 0.125. The molecule has 1 atom stereocenters. The Hall–Kier alpha value is -1.56. The van der Waals surface area contributed by atoms with Gasteiger partial charge >= 0.3 is 0 Å². The third-order valence-electron chi connectivity index (χ3n) is 2.29. The first-order valence-electron chi connectivity index (χ1n) is 5.98. The van der Waals surface area contributed by atoms with Gasteiger partial charge in [-0.05, 0) is 32.0 Å². The van der Waals surface area contributed by atoms with Gasteiger partial charge in [0.05, 0.1) is 0 Å². The molecule has 19 heavy (non-hydrogen) atoms. The third kappa shape index (κ3) is 5.74. The number of ether oxygens (including phenoxy) is 1. The van der Waals surface area contributed by atoms with E-state index in [0.29, 0.717) is 12.3 Å². The zero-order chi connectivity index (χ0) is 14.3. The molecule has 0 aliphatic carbocycles. The van der Waals surface area contributed by atoms with Crippen LogP contribution in [-0.2, 0) is 9.59 Å².